The van der Waals surface area contributed by atoms with E-state index < -0.39 is 41.0 Å². The predicted octanol–water partition coefficient (Wildman–Crippen LogP) is 2.14. The third kappa shape index (κ3) is 17.0. The third-order valence-corrected chi connectivity index (χ3v) is 18.3. The van der Waals surface area contributed by atoms with Crippen molar-refractivity contribution in [1.29, 1.82) is 0 Å². The number of hydrogen-bond acceptors (Lipinski definition) is 8. The molecule has 9 heterocycles. The van der Waals surface area contributed by atoms with E-state index in [1.807, 2.05) is 78.9 Å². The zero-order valence-electron chi connectivity index (χ0n) is 45.6. The number of quaternary nitrogens is 2. The summed E-state index contributed by atoms with van der Waals surface area (Å²) in [4.78, 5) is 41.8. The van der Waals surface area contributed by atoms with E-state index in [4.69, 9.17) is 11.6 Å². The Labute approximate surface area is 483 Å². The van der Waals surface area contributed by atoms with E-state index in [1.54, 1.807) is 12.1 Å². The van der Waals surface area contributed by atoms with Crippen LogP contribution in [-0.2, 0) is 33.1 Å². The zero-order chi connectivity index (χ0) is 59.1. The molecule has 5 fully saturated rings. The molecular formula is C53H61B2ClF10N10O6S2. The molecule has 31 heteroatoms. The van der Waals surface area contributed by atoms with Crippen molar-refractivity contribution >= 4 is 90.3 Å². The van der Waals surface area contributed by atoms with Crippen LogP contribution in [0, 0.1) is 5.82 Å². The summed E-state index contributed by atoms with van der Waals surface area (Å²) in [5.41, 5.74) is 6.61. The van der Waals surface area contributed by atoms with Gasteiger partial charge in [-0.05, 0) is 81.0 Å². The van der Waals surface area contributed by atoms with Crippen LogP contribution in [0.4, 0.5) is 34.8 Å². The lowest BCUT2D eigenvalue weighted by Crippen LogP contribution is -3.00. The molecule has 4 aromatic carbocycles. The number of nitrogens with one attached hydrogen (secondary N) is 4. The van der Waals surface area contributed by atoms with Gasteiger partial charge in [-0.25, -0.2) is 21.2 Å². The quantitative estimate of drug-likeness (QED) is 0.0425. The number of aromatic amines is 4. The molecule has 0 atom stereocenters. The summed E-state index contributed by atoms with van der Waals surface area (Å²) in [5, 5.41) is 3.30. The van der Waals surface area contributed by atoms with Gasteiger partial charge < -0.3 is 29.3 Å². The standard InChI is InChI=1S/C23H23FN4O3S.C23H24N4O3S.C7H14ClFN2.2BF3.2FH/c1-32(30,31)28-10-8-27(9-11-28)14-15-6-7-20-17(12-15)21(24)22(25-20)18-13-16-4-2-3-5-19(16)26-23(18)29;1-31(29,30)27-10-8-26(9-11-27)15-16-6-7-21-18(12-16)14-22(24-21)19-13-17-4-2-3-5-20(17)25-23(19)28;8-7-10-1-4-11(9,5-2-10)6-3-10;2*2-1(3)4;;/h2-7,12-13,25H,8-11,14H2,1H3,(H,26,29);2-7,12-14,24H,8-11,15H2,1H3,(H,25,28);1-7H2;;;2*1H/q;;+2;;;;/p-2. The molecule has 5 aliphatic heterocycles. The number of fused-ring (bicyclic) bond motifs is 7. The van der Waals surface area contributed by atoms with Gasteiger partial charge in [0.25, 0.3) is 11.1 Å². The van der Waals surface area contributed by atoms with Crippen molar-refractivity contribution in [2.45, 2.75) is 13.1 Å². The van der Waals surface area contributed by atoms with Crippen molar-refractivity contribution < 1.29 is 70.2 Å². The molecule has 0 radical (unpaired) electrons. The summed E-state index contributed by atoms with van der Waals surface area (Å²) < 4.78 is 137. The molecule has 0 amide bonds. The van der Waals surface area contributed by atoms with E-state index in [0.29, 0.717) is 93.4 Å². The second-order valence-corrected chi connectivity index (χ2v) is 24.9. The SMILES string of the molecule is CS(=O)(=O)N1CCN(Cc2ccc3[nH]c(-c4cc5ccccc5[nH]c4=O)c(F)c3c2)CC1.CS(=O)(=O)N1CCN(Cc2ccc3[nH]c(-c4cc5ccccc5[nH]c4=O)cc3c2)CC1.FB(F)F.FB(F)F.F[N+]12CC[N+](CCl)(CC1)CC2.[F-].[F-]. The number of H-pyrrole nitrogens is 4. The van der Waals surface area contributed by atoms with Crippen LogP contribution in [0.1, 0.15) is 11.1 Å². The summed E-state index contributed by atoms with van der Waals surface area (Å²) in [5.74, 6) is -0.454. The first-order valence-corrected chi connectivity index (χ1v) is 30.4. The third-order valence-electron chi connectivity index (χ3n) is 15.1. The lowest BCUT2D eigenvalue weighted by molar-refractivity contribution is -1.15. The molecule has 5 aliphatic rings. The van der Waals surface area contributed by atoms with Crippen LogP contribution in [0.5, 0.6) is 0 Å². The smallest absolute Gasteiger partial charge is 0.762 e. The average molecular weight is 1250 g/mol. The molecule has 13 rings (SSSR count). The van der Waals surface area contributed by atoms with E-state index in [2.05, 4.69) is 41.9 Å². The van der Waals surface area contributed by atoms with E-state index in [1.165, 1.54) is 26.7 Å². The van der Waals surface area contributed by atoms with Crippen LogP contribution in [-0.4, -0.2) is 190 Å². The van der Waals surface area contributed by atoms with Crippen molar-refractivity contribution in [2.75, 3.05) is 110 Å². The Morgan fingerprint density at radius 3 is 1.40 bits per heavy atom. The molecular weight excluding hydrogens is 1180 g/mol. The topological polar surface area (TPSA) is 179 Å². The minimum Gasteiger partial charge on any atom is -1.00 e. The number of benzene rings is 4. The van der Waals surface area contributed by atoms with Gasteiger partial charge in [0.1, 0.15) is 19.6 Å². The first-order chi connectivity index (χ1) is 38.8. The summed E-state index contributed by atoms with van der Waals surface area (Å²) in [6.45, 7) is 10.8. The number of hydrogen-bond donors (Lipinski definition) is 4. The summed E-state index contributed by atoms with van der Waals surface area (Å²) in [6.07, 6.45) is 2.49. The molecule has 8 aromatic rings. The monoisotopic (exact) mass is 1240 g/mol. The minimum absolute atomic E-state index is 0. The first kappa shape index (κ1) is 66.9. The van der Waals surface area contributed by atoms with E-state index >= 15 is 4.39 Å². The van der Waals surface area contributed by atoms with Gasteiger partial charge >= 0.3 is 15.1 Å². The highest BCUT2D eigenvalue weighted by Gasteiger charge is 2.50. The number of halogens is 11. The van der Waals surface area contributed by atoms with Gasteiger partial charge in [0.15, 0.2) is 31.5 Å². The Bertz CT molecular complexity index is 3850. The fourth-order valence-corrected chi connectivity index (χ4v) is 12.6. The highest BCUT2D eigenvalue weighted by Crippen LogP contribution is 2.31. The van der Waals surface area contributed by atoms with Crippen LogP contribution in [0.25, 0.3) is 66.1 Å². The highest BCUT2D eigenvalue weighted by atomic mass is 35.5. The number of nitrogens with zero attached hydrogens (tertiary/aromatic N) is 6. The van der Waals surface area contributed by atoms with Crippen LogP contribution in [0.15, 0.2) is 113 Å². The maximum absolute atomic E-state index is 15.4. The lowest BCUT2D eigenvalue weighted by Gasteiger charge is -2.48. The van der Waals surface area contributed by atoms with Gasteiger partial charge in [0, 0.05) is 98.3 Å². The molecule has 0 saturated carbocycles. The molecule has 84 heavy (non-hydrogen) atoms. The van der Waals surface area contributed by atoms with Crippen molar-refractivity contribution in [2.24, 2.45) is 0 Å². The number of aromatic nitrogens is 4. The van der Waals surface area contributed by atoms with E-state index in [-0.39, 0.29) is 36.5 Å². The fraction of sp³-hybridized carbons (Fsp3) is 0.358. The Morgan fingerprint density at radius 1 is 0.524 bits per heavy atom. The van der Waals surface area contributed by atoms with Crippen molar-refractivity contribution in [1.82, 2.24) is 38.3 Å². The summed E-state index contributed by atoms with van der Waals surface area (Å²) in [7, 11) is -13.6. The van der Waals surface area contributed by atoms with Crippen molar-refractivity contribution in [3.05, 3.63) is 141 Å². The van der Waals surface area contributed by atoms with E-state index in [9.17, 15) is 56.8 Å². The Morgan fingerprint density at radius 2 is 0.940 bits per heavy atom. The minimum atomic E-state index is -3.67. The van der Waals surface area contributed by atoms with Gasteiger partial charge in [-0.1, -0.05) is 60.1 Å². The number of pyridine rings is 2. The van der Waals surface area contributed by atoms with Gasteiger partial charge in [-0.3, -0.25) is 49.8 Å². The number of rotatable bonds is 9. The number of piperazine rings is 5. The van der Waals surface area contributed by atoms with Gasteiger partial charge in [0.2, 0.25) is 20.0 Å². The van der Waals surface area contributed by atoms with Crippen LogP contribution >= 0.6 is 11.6 Å². The molecule has 0 aliphatic carbocycles. The summed E-state index contributed by atoms with van der Waals surface area (Å²) in [6, 6.07) is 33.2. The molecule has 4 aromatic heterocycles. The largest absolute Gasteiger partial charge is 1.00 e. The van der Waals surface area contributed by atoms with Crippen LogP contribution < -0.4 is 20.5 Å². The fourth-order valence-electron chi connectivity index (χ4n) is 10.6. The highest BCUT2D eigenvalue weighted by molar-refractivity contribution is 7.88. The first-order valence-electron chi connectivity index (χ1n) is 26.1. The number of sulfonamides is 2. The van der Waals surface area contributed by atoms with Gasteiger partial charge in [-0.15, -0.1) is 4.71 Å². The Balaban J connectivity index is 0.000000202. The molecule has 2 bridgehead atoms. The second kappa shape index (κ2) is 28.3. The predicted molar refractivity (Wildman–Crippen MR) is 307 cm³/mol. The summed E-state index contributed by atoms with van der Waals surface area (Å²) >= 11 is 5.85. The molecule has 5 saturated heterocycles. The number of para-hydroxylation sites is 2. The van der Waals surface area contributed by atoms with E-state index in [0.717, 1.165) is 82.2 Å². The molecule has 4 N–H and O–H groups in total. The molecule has 16 nitrogen and oxygen atoms in total. The Hall–Kier alpha value is -6.24. The normalized spacial score (nSPS) is 19.3. The van der Waals surface area contributed by atoms with Crippen molar-refractivity contribution in [3.8, 4) is 22.5 Å². The number of alkyl halides is 1. The van der Waals surface area contributed by atoms with Crippen LogP contribution in [0.3, 0.4) is 0 Å². The average Bonchev–Trinajstić information content (AvgIpc) is 2.16. The second-order valence-electron chi connectivity index (χ2n) is 20.7. The molecule has 454 valence electrons. The van der Waals surface area contributed by atoms with Gasteiger partial charge in [-0.2, -0.15) is 8.61 Å². The maximum Gasteiger partial charge on any atom is 0.762 e. The van der Waals surface area contributed by atoms with Gasteiger partial charge in [0.05, 0.1) is 35.0 Å². The molecule has 0 spiro atoms. The Kier molecular flexibility index (Phi) is 22.5. The van der Waals surface area contributed by atoms with Crippen molar-refractivity contribution in [3.63, 3.8) is 0 Å². The lowest BCUT2D eigenvalue weighted by atomic mass is 10.1. The maximum atomic E-state index is 15.4. The molecule has 0 unspecified atom stereocenters. The zero-order valence-corrected chi connectivity index (χ0v) is 48.0. The van der Waals surface area contributed by atoms with Crippen LogP contribution in [0.2, 0.25) is 0 Å².